The summed E-state index contributed by atoms with van der Waals surface area (Å²) in [6, 6.07) is 4.65. The van der Waals surface area contributed by atoms with Gasteiger partial charge in [0.2, 0.25) is 0 Å². The molecule has 2 aromatic rings. The van der Waals surface area contributed by atoms with Gasteiger partial charge in [0.25, 0.3) is 0 Å². The van der Waals surface area contributed by atoms with Crippen LogP contribution in [0.3, 0.4) is 0 Å². The van der Waals surface area contributed by atoms with Crippen LogP contribution < -0.4 is 0 Å². The molecule has 0 saturated carbocycles. The van der Waals surface area contributed by atoms with Gasteiger partial charge in [0, 0.05) is 11.1 Å². The van der Waals surface area contributed by atoms with Crippen molar-refractivity contribution >= 4 is 27.7 Å². The Morgan fingerprint density at radius 2 is 2.31 bits per heavy atom. The molecule has 1 aromatic carbocycles. The molecule has 0 aliphatic carbocycles. The lowest BCUT2D eigenvalue weighted by Crippen LogP contribution is -1.82. The van der Waals surface area contributed by atoms with E-state index in [4.69, 9.17) is 0 Å². The van der Waals surface area contributed by atoms with Gasteiger partial charge in [-0.05, 0) is 34.5 Å². The van der Waals surface area contributed by atoms with Crippen molar-refractivity contribution in [2.75, 3.05) is 0 Å². The number of halogens is 1. The van der Waals surface area contributed by atoms with E-state index in [2.05, 4.69) is 0 Å². The van der Waals surface area contributed by atoms with Crippen LogP contribution in [-0.4, -0.2) is 6.29 Å². The van der Waals surface area contributed by atoms with Crippen LogP contribution in [0.1, 0.15) is 5.56 Å². The van der Waals surface area contributed by atoms with Gasteiger partial charge in [0.15, 0.2) is 0 Å². The van der Waals surface area contributed by atoms with Crippen molar-refractivity contribution < 1.29 is 9.18 Å². The Kier molecular flexibility index (Phi) is 2.10. The molecule has 0 atom stereocenters. The molecule has 1 heterocycles. The van der Waals surface area contributed by atoms with Crippen LogP contribution in [0.25, 0.3) is 10.1 Å². The molecule has 0 spiro atoms. The third-order valence-electron chi connectivity index (χ3n) is 1.92. The van der Waals surface area contributed by atoms with Gasteiger partial charge in [-0.1, -0.05) is 0 Å². The van der Waals surface area contributed by atoms with Gasteiger partial charge in [-0.3, -0.25) is 0 Å². The van der Waals surface area contributed by atoms with E-state index in [9.17, 15) is 9.18 Å². The Balaban J connectivity index is 2.64. The number of aldehydes is 1. The van der Waals surface area contributed by atoms with E-state index in [0.717, 1.165) is 21.9 Å². The van der Waals surface area contributed by atoms with Gasteiger partial charge in [-0.15, -0.1) is 11.3 Å². The fraction of sp³-hybridized carbons (Fsp3) is 0.100. The van der Waals surface area contributed by atoms with E-state index in [-0.39, 0.29) is 5.82 Å². The fourth-order valence-electron chi connectivity index (χ4n) is 1.30. The second-order valence-electron chi connectivity index (χ2n) is 2.77. The first kappa shape index (κ1) is 8.38. The monoisotopic (exact) mass is 194 g/mol. The second-order valence-corrected chi connectivity index (χ2v) is 3.68. The average Bonchev–Trinajstić information content (AvgIpc) is 2.49. The van der Waals surface area contributed by atoms with Crippen LogP contribution in [0.4, 0.5) is 4.39 Å². The van der Waals surface area contributed by atoms with Crippen molar-refractivity contribution in [3.8, 4) is 0 Å². The molecule has 0 aliphatic rings. The maximum atomic E-state index is 12.9. The first-order chi connectivity index (χ1) is 6.31. The number of rotatable bonds is 2. The highest BCUT2D eigenvalue weighted by Gasteiger charge is 2.03. The van der Waals surface area contributed by atoms with E-state index < -0.39 is 0 Å². The third kappa shape index (κ3) is 1.47. The standard InChI is InChI=1S/C10H7FOS/c11-8-1-2-10-9(5-8)7(3-4-12)6-13-10/h1-2,4-6H,3H2. The molecule has 3 heteroatoms. The van der Waals surface area contributed by atoms with E-state index in [1.807, 2.05) is 5.38 Å². The smallest absolute Gasteiger partial charge is 0.124 e. The fourth-order valence-corrected chi connectivity index (χ4v) is 2.26. The summed E-state index contributed by atoms with van der Waals surface area (Å²) in [6.07, 6.45) is 1.20. The Morgan fingerprint density at radius 1 is 1.46 bits per heavy atom. The summed E-state index contributed by atoms with van der Waals surface area (Å²) >= 11 is 1.54. The molecule has 0 aliphatic heterocycles. The molecule has 66 valence electrons. The zero-order chi connectivity index (χ0) is 9.26. The highest BCUT2D eigenvalue weighted by molar-refractivity contribution is 7.17. The van der Waals surface area contributed by atoms with Gasteiger partial charge < -0.3 is 4.79 Å². The number of hydrogen-bond acceptors (Lipinski definition) is 2. The van der Waals surface area contributed by atoms with Crippen LogP contribution in [0.5, 0.6) is 0 Å². The van der Waals surface area contributed by atoms with Gasteiger partial charge in [-0.25, -0.2) is 4.39 Å². The molecule has 13 heavy (non-hydrogen) atoms. The van der Waals surface area contributed by atoms with Crippen LogP contribution in [0.15, 0.2) is 23.6 Å². The molecule has 0 unspecified atom stereocenters. The number of carbonyl (C=O) groups is 1. The van der Waals surface area contributed by atoms with Crippen molar-refractivity contribution in [1.29, 1.82) is 0 Å². The topological polar surface area (TPSA) is 17.1 Å². The molecular weight excluding hydrogens is 187 g/mol. The summed E-state index contributed by atoms with van der Waals surface area (Å²) in [5, 5.41) is 2.76. The van der Waals surface area contributed by atoms with Crippen molar-refractivity contribution in [3.63, 3.8) is 0 Å². The van der Waals surface area contributed by atoms with Crippen molar-refractivity contribution in [3.05, 3.63) is 35.0 Å². The lowest BCUT2D eigenvalue weighted by atomic mass is 10.1. The van der Waals surface area contributed by atoms with Crippen LogP contribution in [0.2, 0.25) is 0 Å². The molecule has 0 saturated heterocycles. The van der Waals surface area contributed by atoms with E-state index in [0.29, 0.717) is 6.42 Å². The maximum Gasteiger partial charge on any atom is 0.124 e. The van der Waals surface area contributed by atoms with Crippen molar-refractivity contribution in [2.45, 2.75) is 6.42 Å². The Hall–Kier alpha value is -1.22. The molecule has 0 fully saturated rings. The predicted molar refractivity (Wildman–Crippen MR) is 51.6 cm³/mol. The van der Waals surface area contributed by atoms with E-state index in [1.165, 1.54) is 23.5 Å². The summed E-state index contributed by atoms with van der Waals surface area (Å²) in [4.78, 5) is 10.3. The largest absolute Gasteiger partial charge is 0.303 e. The molecule has 1 aromatic heterocycles. The Bertz CT molecular complexity index is 447. The number of benzene rings is 1. The van der Waals surface area contributed by atoms with Crippen LogP contribution in [-0.2, 0) is 11.2 Å². The maximum absolute atomic E-state index is 12.9. The minimum Gasteiger partial charge on any atom is -0.303 e. The lowest BCUT2D eigenvalue weighted by molar-refractivity contribution is -0.107. The third-order valence-corrected chi connectivity index (χ3v) is 2.93. The molecule has 0 bridgehead atoms. The highest BCUT2D eigenvalue weighted by atomic mass is 32.1. The van der Waals surface area contributed by atoms with Crippen molar-refractivity contribution in [2.24, 2.45) is 0 Å². The summed E-state index contributed by atoms with van der Waals surface area (Å²) in [5.74, 6) is -0.252. The molecule has 0 amide bonds. The minimum atomic E-state index is -0.252. The normalized spacial score (nSPS) is 10.5. The zero-order valence-corrected chi connectivity index (χ0v) is 7.60. The quantitative estimate of drug-likeness (QED) is 0.672. The lowest BCUT2D eigenvalue weighted by Gasteiger charge is -1.92. The van der Waals surface area contributed by atoms with Crippen LogP contribution >= 0.6 is 11.3 Å². The summed E-state index contributed by atoms with van der Waals surface area (Å²) in [5.41, 5.74) is 0.912. The van der Waals surface area contributed by atoms with Crippen molar-refractivity contribution in [1.82, 2.24) is 0 Å². The molecule has 0 N–H and O–H groups in total. The zero-order valence-electron chi connectivity index (χ0n) is 6.79. The second kappa shape index (κ2) is 3.26. The van der Waals surface area contributed by atoms with Gasteiger partial charge in [0.1, 0.15) is 12.1 Å². The number of thiophene rings is 1. The van der Waals surface area contributed by atoms with Gasteiger partial charge in [-0.2, -0.15) is 0 Å². The van der Waals surface area contributed by atoms with E-state index in [1.54, 1.807) is 6.07 Å². The van der Waals surface area contributed by atoms with Gasteiger partial charge >= 0.3 is 0 Å². The van der Waals surface area contributed by atoms with Crippen LogP contribution in [0, 0.1) is 5.82 Å². The number of fused-ring (bicyclic) bond motifs is 1. The summed E-state index contributed by atoms with van der Waals surface area (Å²) < 4.78 is 13.9. The number of carbonyl (C=O) groups excluding carboxylic acids is 1. The predicted octanol–water partition coefficient (Wildman–Crippen LogP) is 2.78. The highest BCUT2D eigenvalue weighted by Crippen LogP contribution is 2.26. The van der Waals surface area contributed by atoms with E-state index >= 15 is 0 Å². The Morgan fingerprint density at radius 3 is 3.08 bits per heavy atom. The molecule has 1 nitrogen and oxygen atoms in total. The minimum absolute atomic E-state index is 0.252. The first-order valence-electron chi connectivity index (χ1n) is 3.90. The molecule has 0 radical (unpaired) electrons. The summed E-state index contributed by atoms with van der Waals surface area (Å²) in [6.45, 7) is 0. The van der Waals surface area contributed by atoms with Gasteiger partial charge in [0.05, 0.1) is 0 Å². The molecular formula is C10H7FOS. The first-order valence-corrected chi connectivity index (χ1v) is 4.78. The average molecular weight is 194 g/mol. The SMILES string of the molecule is O=CCc1csc2ccc(F)cc12. The summed E-state index contributed by atoms with van der Waals surface area (Å²) in [7, 11) is 0. The number of hydrogen-bond donors (Lipinski definition) is 0. The molecule has 2 rings (SSSR count). The Labute approximate surface area is 78.8 Å².